The maximum Gasteiger partial charge on any atom is 0.266 e. The van der Waals surface area contributed by atoms with Crippen molar-refractivity contribution >= 4 is 21.5 Å². The molecule has 3 N–H and O–H groups in total. The first-order valence-electron chi connectivity index (χ1n) is 4.93. The Morgan fingerprint density at radius 2 is 1.95 bits per heavy atom. The zero-order valence-corrected chi connectivity index (χ0v) is 10.2. The van der Waals surface area contributed by atoms with E-state index in [4.69, 9.17) is 5.73 Å². The molecule has 1 aromatic carbocycles. The van der Waals surface area contributed by atoms with Gasteiger partial charge in [0.2, 0.25) is 0 Å². The minimum absolute atomic E-state index is 0.121. The van der Waals surface area contributed by atoms with Crippen molar-refractivity contribution in [2.45, 2.75) is 4.90 Å². The standard InChI is InChI=1S/C10H8F2N4O2S/c11-7-3-6(13)4-8(10(7)12)19(17,18)16-9-5-14-1-2-15-9/h1-5H,13H2,(H,15,16). The van der Waals surface area contributed by atoms with Crippen molar-refractivity contribution in [1.29, 1.82) is 0 Å². The van der Waals surface area contributed by atoms with Crippen LogP contribution in [0.15, 0.2) is 35.6 Å². The number of nitrogens with one attached hydrogen (secondary N) is 1. The Hall–Kier alpha value is -2.29. The fourth-order valence-electron chi connectivity index (χ4n) is 1.32. The van der Waals surface area contributed by atoms with Gasteiger partial charge in [0.1, 0.15) is 4.90 Å². The Bertz CT molecular complexity index is 707. The average molecular weight is 286 g/mol. The van der Waals surface area contributed by atoms with Gasteiger partial charge in [0.25, 0.3) is 10.0 Å². The summed E-state index contributed by atoms with van der Waals surface area (Å²) < 4.78 is 52.4. The number of hydrogen-bond donors (Lipinski definition) is 2. The van der Waals surface area contributed by atoms with Crippen molar-refractivity contribution in [3.8, 4) is 0 Å². The molecule has 0 radical (unpaired) electrons. The molecular weight excluding hydrogens is 278 g/mol. The van der Waals surface area contributed by atoms with E-state index in [9.17, 15) is 17.2 Å². The monoisotopic (exact) mass is 286 g/mol. The Balaban J connectivity index is 2.46. The average Bonchev–Trinajstić information content (AvgIpc) is 2.34. The molecule has 9 heteroatoms. The molecule has 0 spiro atoms. The van der Waals surface area contributed by atoms with Gasteiger partial charge < -0.3 is 5.73 Å². The normalized spacial score (nSPS) is 11.3. The first kappa shape index (κ1) is 13.1. The van der Waals surface area contributed by atoms with Gasteiger partial charge in [-0.05, 0) is 12.1 Å². The number of sulfonamides is 1. The van der Waals surface area contributed by atoms with Crippen molar-refractivity contribution in [3.63, 3.8) is 0 Å². The van der Waals surface area contributed by atoms with Crippen molar-refractivity contribution < 1.29 is 17.2 Å². The number of hydrogen-bond acceptors (Lipinski definition) is 5. The second kappa shape index (κ2) is 4.76. The molecule has 0 saturated heterocycles. The molecule has 0 atom stereocenters. The molecule has 2 rings (SSSR count). The van der Waals surface area contributed by atoms with Crippen molar-refractivity contribution in [1.82, 2.24) is 9.97 Å². The highest BCUT2D eigenvalue weighted by molar-refractivity contribution is 7.92. The molecule has 0 saturated carbocycles. The molecule has 19 heavy (non-hydrogen) atoms. The SMILES string of the molecule is Nc1cc(F)c(F)c(S(=O)(=O)Nc2cnccn2)c1. The molecule has 1 heterocycles. The fraction of sp³-hybridized carbons (Fsp3) is 0. The second-order valence-electron chi connectivity index (χ2n) is 3.51. The Morgan fingerprint density at radius 1 is 1.21 bits per heavy atom. The Morgan fingerprint density at radius 3 is 2.58 bits per heavy atom. The number of halogens is 2. The quantitative estimate of drug-likeness (QED) is 0.824. The van der Waals surface area contributed by atoms with Crippen LogP contribution in [0.1, 0.15) is 0 Å². The molecule has 0 unspecified atom stereocenters. The molecule has 1 aromatic heterocycles. The second-order valence-corrected chi connectivity index (χ2v) is 5.16. The van der Waals surface area contributed by atoms with Gasteiger partial charge in [-0.3, -0.25) is 9.71 Å². The van der Waals surface area contributed by atoms with Gasteiger partial charge in [-0.15, -0.1) is 0 Å². The van der Waals surface area contributed by atoms with E-state index >= 15 is 0 Å². The van der Waals surface area contributed by atoms with E-state index < -0.39 is 26.6 Å². The van der Waals surface area contributed by atoms with E-state index in [-0.39, 0.29) is 11.5 Å². The summed E-state index contributed by atoms with van der Waals surface area (Å²) in [7, 11) is -4.34. The number of aromatic nitrogens is 2. The third kappa shape index (κ3) is 2.76. The Kier molecular flexibility index (Phi) is 3.30. The summed E-state index contributed by atoms with van der Waals surface area (Å²) in [5.74, 6) is -2.98. The van der Waals surface area contributed by atoms with Crippen LogP contribution in [0.3, 0.4) is 0 Å². The van der Waals surface area contributed by atoms with Crippen LogP contribution in [0, 0.1) is 11.6 Å². The molecule has 0 aliphatic rings. The first-order chi connectivity index (χ1) is 8.90. The van der Waals surface area contributed by atoms with Gasteiger partial charge in [0, 0.05) is 18.1 Å². The minimum Gasteiger partial charge on any atom is -0.399 e. The van der Waals surface area contributed by atoms with Gasteiger partial charge in [-0.1, -0.05) is 0 Å². The van der Waals surface area contributed by atoms with Crippen LogP contribution >= 0.6 is 0 Å². The lowest BCUT2D eigenvalue weighted by atomic mass is 10.3. The molecular formula is C10H8F2N4O2S. The molecule has 100 valence electrons. The first-order valence-corrected chi connectivity index (χ1v) is 6.42. The van der Waals surface area contributed by atoms with Crippen molar-refractivity contribution in [2.24, 2.45) is 0 Å². The summed E-state index contributed by atoms with van der Waals surface area (Å²) in [5.41, 5.74) is 5.08. The lowest BCUT2D eigenvalue weighted by molar-refractivity contribution is 0.486. The topological polar surface area (TPSA) is 98.0 Å². The van der Waals surface area contributed by atoms with Gasteiger partial charge >= 0.3 is 0 Å². The van der Waals surface area contributed by atoms with Gasteiger partial charge in [-0.2, -0.15) is 0 Å². The summed E-state index contributed by atoms with van der Waals surface area (Å²) >= 11 is 0. The maximum atomic E-state index is 13.5. The fourth-order valence-corrected chi connectivity index (χ4v) is 2.44. The minimum atomic E-state index is -4.34. The number of nitrogens with two attached hydrogens (primary N) is 1. The Labute approximate surface area is 107 Å². The molecule has 0 aliphatic carbocycles. The highest BCUT2D eigenvalue weighted by Crippen LogP contribution is 2.22. The van der Waals surface area contributed by atoms with E-state index in [0.29, 0.717) is 6.07 Å². The summed E-state index contributed by atoms with van der Waals surface area (Å²) in [6.45, 7) is 0. The third-order valence-electron chi connectivity index (χ3n) is 2.11. The van der Waals surface area contributed by atoms with Crippen molar-refractivity contribution in [3.05, 3.63) is 42.4 Å². The van der Waals surface area contributed by atoms with Crippen LogP contribution in [-0.2, 0) is 10.0 Å². The lowest BCUT2D eigenvalue weighted by Gasteiger charge is -2.08. The largest absolute Gasteiger partial charge is 0.399 e. The molecule has 0 fully saturated rings. The smallest absolute Gasteiger partial charge is 0.266 e. The van der Waals surface area contributed by atoms with E-state index in [2.05, 4.69) is 9.97 Å². The molecule has 0 bridgehead atoms. The highest BCUT2D eigenvalue weighted by atomic mass is 32.2. The predicted octanol–water partition coefficient (Wildman–Crippen LogP) is 1.14. The molecule has 6 nitrogen and oxygen atoms in total. The van der Waals surface area contributed by atoms with Crippen LogP contribution < -0.4 is 10.5 Å². The predicted molar refractivity (Wildman–Crippen MR) is 63.6 cm³/mol. The lowest BCUT2D eigenvalue weighted by Crippen LogP contribution is -2.16. The van der Waals surface area contributed by atoms with Gasteiger partial charge in [-0.25, -0.2) is 22.2 Å². The summed E-state index contributed by atoms with van der Waals surface area (Å²) in [5, 5.41) is 0. The number of nitrogens with zero attached hydrogens (tertiary/aromatic N) is 2. The third-order valence-corrected chi connectivity index (χ3v) is 3.46. The van der Waals surface area contributed by atoms with Crippen LogP contribution in [0.25, 0.3) is 0 Å². The van der Waals surface area contributed by atoms with E-state index in [0.717, 1.165) is 12.3 Å². The van der Waals surface area contributed by atoms with Crippen LogP contribution in [0.4, 0.5) is 20.3 Å². The van der Waals surface area contributed by atoms with Gasteiger partial charge in [0.15, 0.2) is 17.5 Å². The van der Waals surface area contributed by atoms with Crippen LogP contribution in [0.2, 0.25) is 0 Å². The number of benzene rings is 1. The zero-order chi connectivity index (χ0) is 14.0. The number of rotatable bonds is 3. The van der Waals surface area contributed by atoms with Crippen LogP contribution in [-0.4, -0.2) is 18.4 Å². The molecule has 0 aliphatic heterocycles. The van der Waals surface area contributed by atoms with E-state index in [1.165, 1.54) is 12.4 Å². The van der Waals surface area contributed by atoms with Crippen LogP contribution in [0.5, 0.6) is 0 Å². The van der Waals surface area contributed by atoms with Gasteiger partial charge in [0.05, 0.1) is 6.20 Å². The number of anilines is 2. The van der Waals surface area contributed by atoms with E-state index in [1.807, 2.05) is 4.72 Å². The van der Waals surface area contributed by atoms with Crippen molar-refractivity contribution in [2.75, 3.05) is 10.5 Å². The molecule has 0 amide bonds. The highest BCUT2D eigenvalue weighted by Gasteiger charge is 2.23. The maximum absolute atomic E-state index is 13.5. The zero-order valence-electron chi connectivity index (χ0n) is 9.34. The summed E-state index contributed by atoms with van der Waals surface area (Å²) in [6.07, 6.45) is 3.70. The summed E-state index contributed by atoms with van der Waals surface area (Å²) in [6, 6.07) is 1.51. The number of nitrogen functional groups attached to an aromatic ring is 1. The van der Waals surface area contributed by atoms with E-state index in [1.54, 1.807) is 0 Å². The molecule has 2 aromatic rings. The summed E-state index contributed by atoms with van der Waals surface area (Å²) in [4.78, 5) is 6.41.